The van der Waals surface area contributed by atoms with Gasteiger partial charge in [-0.1, -0.05) is 0 Å². The van der Waals surface area contributed by atoms with E-state index in [1.807, 2.05) is 0 Å². The van der Waals surface area contributed by atoms with Gasteiger partial charge in [-0.3, -0.25) is 4.79 Å². The van der Waals surface area contributed by atoms with E-state index in [9.17, 15) is 9.59 Å². The largest absolute Gasteiger partial charge is 0.497 e. The molecule has 7 nitrogen and oxygen atoms in total. The number of rotatable bonds is 5. The van der Waals surface area contributed by atoms with Crippen LogP contribution in [0.5, 0.6) is 11.5 Å². The first-order chi connectivity index (χ1) is 11.6. The second-order valence-electron chi connectivity index (χ2n) is 5.08. The Morgan fingerprint density at radius 3 is 2.58 bits per heavy atom. The Labute approximate surface area is 141 Å². The number of hydrogen-bond acceptors (Lipinski definition) is 5. The van der Waals surface area contributed by atoms with E-state index in [-0.39, 0.29) is 12.5 Å². The lowest BCUT2D eigenvalue weighted by molar-refractivity contribution is -0.136. The standard InChI is InChI=1S/C17H22N2O5/c1-4-24-17(21)19-11-5-10-18(19)16(20)9-6-13-12-14(22-2)7-8-15(13)23-3/h6-9,12H,4-5,10-11H2,1-3H3. The van der Waals surface area contributed by atoms with Crippen LogP contribution in [0.25, 0.3) is 6.08 Å². The predicted octanol–water partition coefficient (Wildman–Crippen LogP) is 2.32. The van der Waals surface area contributed by atoms with Gasteiger partial charge in [-0.25, -0.2) is 14.8 Å². The Morgan fingerprint density at radius 1 is 1.17 bits per heavy atom. The van der Waals surface area contributed by atoms with Crippen LogP contribution in [-0.2, 0) is 9.53 Å². The molecule has 130 valence electrons. The summed E-state index contributed by atoms with van der Waals surface area (Å²) in [4.78, 5) is 24.3. The van der Waals surface area contributed by atoms with Crippen LogP contribution >= 0.6 is 0 Å². The lowest BCUT2D eigenvalue weighted by atomic mass is 10.1. The minimum absolute atomic E-state index is 0.272. The number of amides is 2. The molecule has 0 atom stereocenters. The molecule has 2 rings (SSSR count). The summed E-state index contributed by atoms with van der Waals surface area (Å²) in [7, 11) is 3.13. The first-order valence-corrected chi connectivity index (χ1v) is 7.76. The highest BCUT2D eigenvalue weighted by Crippen LogP contribution is 2.25. The third kappa shape index (κ3) is 3.98. The molecule has 7 heteroatoms. The summed E-state index contributed by atoms with van der Waals surface area (Å²) in [5.41, 5.74) is 0.715. The average Bonchev–Trinajstić information content (AvgIpc) is 3.09. The molecular weight excluding hydrogens is 312 g/mol. The van der Waals surface area contributed by atoms with Gasteiger partial charge >= 0.3 is 6.09 Å². The molecule has 1 heterocycles. The number of carbonyl (C=O) groups is 2. The number of hydrogen-bond donors (Lipinski definition) is 0. The summed E-state index contributed by atoms with van der Waals surface area (Å²) >= 11 is 0. The molecule has 0 aliphatic carbocycles. The van der Waals surface area contributed by atoms with Gasteiger partial charge in [-0.05, 0) is 37.6 Å². The highest BCUT2D eigenvalue weighted by atomic mass is 16.6. The highest BCUT2D eigenvalue weighted by Gasteiger charge is 2.30. The van der Waals surface area contributed by atoms with Gasteiger partial charge < -0.3 is 14.2 Å². The second kappa shape index (κ2) is 8.24. The molecule has 0 aromatic heterocycles. The van der Waals surface area contributed by atoms with E-state index in [2.05, 4.69) is 0 Å². The van der Waals surface area contributed by atoms with Crippen molar-refractivity contribution in [3.05, 3.63) is 29.8 Å². The molecule has 0 unspecified atom stereocenters. The first-order valence-electron chi connectivity index (χ1n) is 7.76. The van der Waals surface area contributed by atoms with Crippen LogP contribution in [0.1, 0.15) is 18.9 Å². The van der Waals surface area contributed by atoms with Gasteiger partial charge in [0.15, 0.2) is 0 Å². The van der Waals surface area contributed by atoms with Gasteiger partial charge in [0.1, 0.15) is 11.5 Å². The maximum absolute atomic E-state index is 12.4. The fourth-order valence-electron chi connectivity index (χ4n) is 2.45. The van der Waals surface area contributed by atoms with Gasteiger partial charge in [0, 0.05) is 24.7 Å². The molecule has 24 heavy (non-hydrogen) atoms. The molecule has 0 bridgehead atoms. The molecule has 1 fully saturated rings. The van der Waals surface area contributed by atoms with E-state index >= 15 is 0 Å². The minimum Gasteiger partial charge on any atom is -0.497 e. The number of carbonyl (C=O) groups excluding carboxylic acids is 2. The number of methoxy groups -OCH3 is 2. The number of benzene rings is 1. The predicted molar refractivity (Wildman–Crippen MR) is 88.6 cm³/mol. The molecule has 2 amide bonds. The van der Waals surface area contributed by atoms with Gasteiger partial charge in [0.2, 0.25) is 0 Å². The number of hydrazine groups is 1. The van der Waals surface area contributed by atoms with E-state index in [4.69, 9.17) is 14.2 Å². The van der Waals surface area contributed by atoms with Crippen molar-refractivity contribution in [3.8, 4) is 11.5 Å². The molecule has 1 saturated heterocycles. The summed E-state index contributed by atoms with van der Waals surface area (Å²) < 4.78 is 15.4. The van der Waals surface area contributed by atoms with Crippen molar-refractivity contribution in [2.45, 2.75) is 13.3 Å². The summed E-state index contributed by atoms with van der Waals surface area (Å²) in [6.45, 7) is 2.96. The van der Waals surface area contributed by atoms with E-state index < -0.39 is 6.09 Å². The van der Waals surface area contributed by atoms with Crippen LogP contribution in [0.15, 0.2) is 24.3 Å². The van der Waals surface area contributed by atoms with Crippen LogP contribution in [0.2, 0.25) is 0 Å². The summed E-state index contributed by atoms with van der Waals surface area (Å²) in [5.74, 6) is 1.01. The summed E-state index contributed by atoms with van der Waals surface area (Å²) in [5, 5.41) is 2.72. The Balaban J connectivity index is 2.13. The zero-order valence-electron chi connectivity index (χ0n) is 14.2. The van der Waals surface area contributed by atoms with Gasteiger partial charge in [-0.15, -0.1) is 0 Å². The van der Waals surface area contributed by atoms with Gasteiger partial charge in [-0.2, -0.15) is 0 Å². The first kappa shape index (κ1) is 17.7. The molecule has 1 aliphatic rings. The molecule has 0 spiro atoms. The van der Waals surface area contributed by atoms with E-state index in [0.717, 1.165) is 6.42 Å². The lowest BCUT2D eigenvalue weighted by Crippen LogP contribution is -2.44. The van der Waals surface area contributed by atoms with Crippen molar-refractivity contribution in [2.75, 3.05) is 33.9 Å². The monoisotopic (exact) mass is 334 g/mol. The van der Waals surface area contributed by atoms with Gasteiger partial charge in [0.05, 0.1) is 20.8 Å². The van der Waals surface area contributed by atoms with Crippen molar-refractivity contribution >= 4 is 18.1 Å². The van der Waals surface area contributed by atoms with Crippen LogP contribution in [-0.4, -0.2) is 55.9 Å². The topological polar surface area (TPSA) is 68.3 Å². The molecule has 1 aromatic rings. The molecule has 1 aromatic carbocycles. The lowest BCUT2D eigenvalue weighted by Gasteiger charge is -2.25. The minimum atomic E-state index is -0.504. The summed E-state index contributed by atoms with van der Waals surface area (Å²) in [6.07, 6.45) is 3.27. The van der Waals surface area contributed by atoms with Crippen LogP contribution in [0.4, 0.5) is 4.79 Å². The summed E-state index contributed by atoms with van der Waals surface area (Å²) in [6, 6.07) is 5.32. The molecule has 0 N–H and O–H groups in total. The zero-order valence-corrected chi connectivity index (χ0v) is 14.2. The normalized spacial score (nSPS) is 14.1. The van der Waals surface area contributed by atoms with Crippen LogP contribution < -0.4 is 9.47 Å². The van der Waals surface area contributed by atoms with Crippen LogP contribution in [0, 0.1) is 0 Å². The molecular formula is C17H22N2O5. The van der Waals surface area contributed by atoms with Gasteiger partial charge in [0.25, 0.3) is 5.91 Å². The fourth-order valence-corrected chi connectivity index (χ4v) is 2.45. The Bertz CT molecular complexity index is 629. The van der Waals surface area contributed by atoms with E-state index in [1.165, 1.54) is 16.1 Å². The zero-order chi connectivity index (χ0) is 17.5. The number of ether oxygens (including phenoxy) is 3. The maximum atomic E-state index is 12.4. The van der Waals surface area contributed by atoms with E-state index in [0.29, 0.717) is 30.2 Å². The molecule has 1 aliphatic heterocycles. The van der Waals surface area contributed by atoms with E-state index in [1.54, 1.807) is 45.4 Å². The average molecular weight is 334 g/mol. The SMILES string of the molecule is CCOC(=O)N1CCCN1C(=O)C=Cc1cc(OC)ccc1OC. The highest BCUT2D eigenvalue weighted by molar-refractivity contribution is 5.93. The fraction of sp³-hybridized carbons (Fsp3) is 0.412. The molecule has 0 saturated carbocycles. The Morgan fingerprint density at radius 2 is 1.92 bits per heavy atom. The Kier molecular flexibility index (Phi) is 6.06. The second-order valence-corrected chi connectivity index (χ2v) is 5.08. The maximum Gasteiger partial charge on any atom is 0.428 e. The molecule has 0 radical (unpaired) electrons. The van der Waals surface area contributed by atoms with Crippen molar-refractivity contribution in [1.82, 2.24) is 10.0 Å². The van der Waals surface area contributed by atoms with Crippen molar-refractivity contribution < 1.29 is 23.8 Å². The number of nitrogens with zero attached hydrogens (tertiary/aromatic N) is 2. The third-order valence-corrected chi connectivity index (χ3v) is 3.61. The smallest absolute Gasteiger partial charge is 0.428 e. The van der Waals surface area contributed by atoms with Crippen molar-refractivity contribution in [1.29, 1.82) is 0 Å². The van der Waals surface area contributed by atoms with Crippen molar-refractivity contribution in [2.24, 2.45) is 0 Å². The van der Waals surface area contributed by atoms with Crippen LogP contribution in [0.3, 0.4) is 0 Å². The third-order valence-electron chi connectivity index (χ3n) is 3.61. The Hall–Kier alpha value is -2.70. The quantitative estimate of drug-likeness (QED) is 0.773. The van der Waals surface area contributed by atoms with Crippen molar-refractivity contribution in [3.63, 3.8) is 0 Å².